The van der Waals surface area contributed by atoms with Gasteiger partial charge >= 0.3 is 6.09 Å². The fourth-order valence-corrected chi connectivity index (χ4v) is 4.67. The molecule has 4 rings (SSSR count). The lowest BCUT2D eigenvalue weighted by Gasteiger charge is -2.29. The number of rotatable bonds is 7. The van der Waals surface area contributed by atoms with Crippen LogP contribution in [0.5, 0.6) is 0 Å². The molecule has 0 fully saturated rings. The maximum absolute atomic E-state index is 15.4. The Balaban J connectivity index is 1.70. The Hall–Kier alpha value is -4.72. The number of nitrogens with zero attached hydrogens (tertiary/aromatic N) is 1. The molecule has 0 spiro atoms. The predicted molar refractivity (Wildman–Crippen MR) is 158 cm³/mol. The van der Waals surface area contributed by atoms with E-state index in [9.17, 15) is 14.4 Å². The number of benzene rings is 3. The lowest BCUT2D eigenvalue weighted by atomic mass is 9.84. The molecule has 1 heterocycles. The summed E-state index contributed by atoms with van der Waals surface area (Å²) >= 11 is 0. The van der Waals surface area contributed by atoms with Crippen molar-refractivity contribution in [3.8, 4) is 11.1 Å². The van der Waals surface area contributed by atoms with Crippen molar-refractivity contribution < 1.29 is 18.7 Å². The number of hydrogen-bond donors (Lipinski definition) is 2. The summed E-state index contributed by atoms with van der Waals surface area (Å²) in [6.07, 6.45) is 0.834. The third-order valence-corrected chi connectivity index (χ3v) is 6.57. The summed E-state index contributed by atoms with van der Waals surface area (Å²) in [5, 5.41) is 5.54. The summed E-state index contributed by atoms with van der Waals surface area (Å²) < 4.78 is 22.2. The third kappa shape index (κ3) is 7.28. The van der Waals surface area contributed by atoms with Crippen LogP contribution >= 0.6 is 0 Å². The fraction of sp³-hybridized carbons (Fsp3) is 0.242. The van der Waals surface area contributed by atoms with Gasteiger partial charge in [0.1, 0.15) is 17.5 Å². The fourth-order valence-electron chi connectivity index (χ4n) is 4.67. The molecule has 212 valence electrons. The van der Waals surface area contributed by atoms with Crippen LogP contribution in [-0.2, 0) is 16.6 Å². The molecule has 3 aromatic carbocycles. The Kier molecular flexibility index (Phi) is 8.71. The molecular weight excluding hydrogens is 521 g/mol. The largest absolute Gasteiger partial charge is 0.444 e. The molecule has 1 atom stereocenters. The number of anilines is 1. The minimum absolute atomic E-state index is 0.189. The number of ether oxygens (including phenoxy) is 1. The minimum atomic E-state index is -1.09. The van der Waals surface area contributed by atoms with E-state index < -0.39 is 35.4 Å². The Morgan fingerprint density at radius 1 is 0.878 bits per heavy atom. The van der Waals surface area contributed by atoms with Crippen LogP contribution in [-0.4, -0.2) is 28.2 Å². The van der Waals surface area contributed by atoms with Crippen LogP contribution in [0.3, 0.4) is 0 Å². The average molecular weight is 556 g/mol. The van der Waals surface area contributed by atoms with Gasteiger partial charge in [-0.25, -0.2) is 9.18 Å². The molecule has 8 heteroatoms. The van der Waals surface area contributed by atoms with Crippen molar-refractivity contribution in [2.24, 2.45) is 7.05 Å². The number of carbonyl (C=O) groups is 2. The first-order chi connectivity index (χ1) is 19.4. The smallest absolute Gasteiger partial charge is 0.408 e. The van der Waals surface area contributed by atoms with E-state index in [2.05, 4.69) is 10.6 Å². The molecule has 4 aromatic rings. The van der Waals surface area contributed by atoms with Gasteiger partial charge in [0.15, 0.2) is 0 Å². The highest BCUT2D eigenvalue weighted by Gasteiger charge is 2.34. The SMILES string of the molecule is Cc1cc(=O)n(C)cc1-c1ccc(NC(=O)[C@@H](NC(=O)OC(C)(C)C)C(c2ccccc2)c2ccccc2)cc1F. The number of alkyl carbamates (subject to hydrolysis) is 1. The second-order valence-corrected chi connectivity index (χ2v) is 10.9. The zero-order chi connectivity index (χ0) is 29.7. The molecule has 0 unspecified atom stereocenters. The molecule has 41 heavy (non-hydrogen) atoms. The topological polar surface area (TPSA) is 89.4 Å². The standard InChI is InChI=1S/C33H34FN3O4/c1-21-18-28(38)37(5)20-26(21)25-17-16-24(19-27(25)34)35-31(39)30(36-32(40)41-33(2,3)4)29(22-12-8-6-9-13-22)23-14-10-7-11-15-23/h6-20,29-30H,1-5H3,(H,35,39)(H,36,40)/t30-/m0/s1. The number of pyridine rings is 1. The Bertz CT molecular complexity index is 1560. The van der Waals surface area contributed by atoms with Gasteiger partial charge in [0.05, 0.1) is 0 Å². The second-order valence-electron chi connectivity index (χ2n) is 10.9. The molecular formula is C33H34FN3O4. The molecule has 0 aliphatic heterocycles. The first kappa shape index (κ1) is 29.3. The van der Waals surface area contributed by atoms with Gasteiger partial charge in [0.25, 0.3) is 5.56 Å². The molecule has 2 amide bonds. The molecule has 0 aliphatic carbocycles. The van der Waals surface area contributed by atoms with E-state index in [4.69, 9.17) is 4.74 Å². The number of hydrogen-bond acceptors (Lipinski definition) is 4. The van der Waals surface area contributed by atoms with Gasteiger partial charge in [-0.1, -0.05) is 60.7 Å². The normalized spacial score (nSPS) is 12.1. The highest BCUT2D eigenvalue weighted by atomic mass is 19.1. The van der Waals surface area contributed by atoms with Crippen molar-refractivity contribution in [3.05, 3.63) is 124 Å². The molecule has 0 bridgehead atoms. The van der Waals surface area contributed by atoms with Gasteiger partial charge in [-0.05, 0) is 62.6 Å². The number of halogens is 1. The van der Waals surface area contributed by atoms with E-state index in [0.717, 1.165) is 11.1 Å². The van der Waals surface area contributed by atoms with Crippen LogP contribution in [0.4, 0.5) is 14.9 Å². The molecule has 1 aromatic heterocycles. The van der Waals surface area contributed by atoms with Gasteiger partial charge in [-0.15, -0.1) is 0 Å². The summed E-state index contributed by atoms with van der Waals surface area (Å²) in [5.74, 6) is -1.68. The molecule has 0 saturated heterocycles. The minimum Gasteiger partial charge on any atom is -0.444 e. The van der Waals surface area contributed by atoms with Crippen LogP contribution < -0.4 is 16.2 Å². The third-order valence-electron chi connectivity index (χ3n) is 6.57. The average Bonchev–Trinajstić information content (AvgIpc) is 2.91. The first-order valence-electron chi connectivity index (χ1n) is 13.3. The van der Waals surface area contributed by atoms with E-state index in [-0.39, 0.29) is 11.2 Å². The van der Waals surface area contributed by atoms with Crippen molar-refractivity contribution in [1.82, 2.24) is 9.88 Å². The molecule has 0 saturated carbocycles. The van der Waals surface area contributed by atoms with E-state index >= 15 is 4.39 Å². The summed E-state index contributed by atoms with van der Waals surface area (Å²) in [5.41, 5.74) is 2.37. The molecule has 2 N–H and O–H groups in total. The van der Waals surface area contributed by atoms with Crippen molar-refractivity contribution in [2.75, 3.05) is 5.32 Å². The Labute approximate surface area is 239 Å². The predicted octanol–water partition coefficient (Wildman–Crippen LogP) is 6.16. The number of nitrogens with one attached hydrogen (secondary N) is 2. The van der Waals surface area contributed by atoms with Crippen molar-refractivity contribution in [2.45, 2.75) is 45.3 Å². The Morgan fingerprint density at radius 3 is 2.00 bits per heavy atom. The van der Waals surface area contributed by atoms with Gasteiger partial charge in [-0.2, -0.15) is 0 Å². The Morgan fingerprint density at radius 2 is 1.46 bits per heavy atom. The summed E-state index contributed by atoms with van der Waals surface area (Å²) in [6.45, 7) is 6.96. The van der Waals surface area contributed by atoms with E-state index in [1.165, 1.54) is 16.7 Å². The highest BCUT2D eigenvalue weighted by molar-refractivity contribution is 5.98. The van der Waals surface area contributed by atoms with Crippen LogP contribution in [0.15, 0.2) is 95.9 Å². The zero-order valence-electron chi connectivity index (χ0n) is 23.8. The number of carbonyl (C=O) groups excluding carboxylic acids is 2. The first-order valence-corrected chi connectivity index (χ1v) is 13.3. The van der Waals surface area contributed by atoms with E-state index in [1.54, 1.807) is 53.1 Å². The summed E-state index contributed by atoms with van der Waals surface area (Å²) in [6, 6.07) is 23.5. The van der Waals surface area contributed by atoms with Gasteiger partial charge < -0.3 is 19.9 Å². The highest BCUT2D eigenvalue weighted by Crippen LogP contribution is 2.31. The molecule has 7 nitrogen and oxygen atoms in total. The van der Waals surface area contributed by atoms with Crippen LogP contribution in [0, 0.1) is 12.7 Å². The number of aryl methyl sites for hydroxylation is 2. The monoisotopic (exact) mass is 555 g/mol. The van der Waals surface area contributed by atoms with Gasteiger partial charge in [-0.3, -0.25) is 9.59 Å². The van der Waals surface area contributed by atoms with Crippen molar-refractivity contribution >= 4 is 17.7 Å². The van der Waals surface area contributed by atoms with Gasteiger partial charge in [0, 0.05) is 42.0 Å². The van der Waals surface area contributed by atoms with Crippen LogP contribution in [0.25, 0.3) is 11.1 Å². The molecule has 0 radical (unpaired) electrons. The second kappa shape index (κ2) is 12.2. The number of aromatic nitrogens is 1. The lowest BCUT2D eigenvalue weighted by Crippen LogP contribution is -2.49. The lowest BCUT2D eigenvalue weighted by molar-refractivity contribution is -0.118. The maximum atomic E-state index is 15.4. The zero-order valence-corrected chi connectivity index (χ0v) is 23.8. The number of amides is 2. The van der Waals surface area contributed by atoms with Crippen LogP contribution in [0.2, 0.25) is 0 Å². The molecule has 0 aliphatic rings. The van der Waals surface area contributed by atoms with Crippen molar-refractivity contribution in [1.29, 1.82) is 0 Å². The van der Waals surface area contributed by atoms with E-state index in [1.807, 2.05) is 60.7 Å². The maximum Gasteiger partial charge on any atom is 0.408 e. The summed E-state index contributed by atoms with van der Waals surface area (Å²) in [7, 11) is 1.60. The van der Waals surface area contributed by atoms with Crippen LogP contribution in [0.1, 0.15) is 43.4 Å². The summed E-state index contributed by atoms with van der Waals surface area (Å²) in [4.78, 5) is 38.7. The van der Waals surface area contributed by atoms with E-state index in [0.29, 0.717) is 16.7 Å². The van der Waals surface area contributed by atoms with Gasteiger partial charge in [0.2, 0.25) is 5.91 Å². The quantitative estimate of drug-likeness (QED) is 0.286. The van der Waals surface area contributed by atoms with Crippen molar-refractivity contribution in [3.63, 3.8) is 0 Å².